The van der Waals surface area contributed by atoms with Gasteiger partial charge in [-0.05, 0) is 25.6 Å². The third kappa shape index (κ3) is 6.00. The Labute approximate surface area is 120 Å². The number of rotatable bonds is 9. The third-order valence-electron chi connectivity index (χ3n) is 2.77. The molecule has 0 fully saturated rings. The molecule has 0 radical (unpaired) electrons. The van der Waals surface area contributed by atoms with E-state index in [9.17, 15) is 0 Å². The molecule has 0 aliphatic rings. The monoisotopic (exact) mass is 282 g/mol. The van der Waals surface area contributed by atoms with Crippen molar-refractivity contribution < 1.29 is 9.47 Å². The van der Waals surface area contributed by atoms with E-state index in [1.165, 1.54) is 0 Å². The summed E-state index contributed by atoms with van der Waals surface area (Å²) in [5.74, 6) is 0.750. The average Bonchev–Trinajstić information content (AvgIpc) is 2.39. The maximum Gasteiger partial charge on any atom is 0.129 e. The molecule has 1 aromatic carbocycles. The molecule has 0 unspecified atom stereocenters. The maximum absolute atomic E-state index is 5.73. The van der Waals surface area contributed by atoms with Gasteiger partial charge in [-0.15, -0.1) is 0 Å². The number of para-hydroxylation sites is 1. The van der Waals surface area contributed by atoms with Gasteiger partial charge >= 0.3 is 0 Å². The van der Waals surface area contributed by atoms with E-state index in [0.29, 0.717) is 11.6 Å². The van der Waals surface area contributed by atoms with Crippen LogP contribution in [-0.2, 0) is 4.74 Å². The Morgan fingerprint density at radius 1 is 1.26 bits per heavy atom. The lowest BCUT2D eigenvalue weighted by atomic mass is 10.2. The van der Waals surface area contributed by atoms with Crippen molar-refractivity contribution in [3.63, 3.8) is 0 Å². The first-order valence-electron chi connectivity index (χ1n) is 6.34. The SMILES string of the molecule is COCCCN(C)CCOc1ccccc1C(N)=S. The van der Waals surface area contributed by atoms with E-state index in [1.54, 1.807) is 7.11 Å². The predicted octanol–water partition coefficient (Wildman–Crippen LogP) is 1.67. The second-order valence-corrected chi connectivity index (χ2v) is 4.80. The summed E-state index contributed by atoms with van der Waals surface area (Å²) in [6.07, 6.45) is 1.02. The molecule has 0 amide bonds. The highest BCUT2D eigenvalue weighted by atomic mass is 32.1. The van der Waals surface area contributed by atoms with Gasteiger partial charge in [-0.3, -0.25) is 0 Å². The van der Waals surface area contributed by atoms with E-state index in [-0.39, 0.29) is 0 Å². The maximum atomic E-state index is 5.73. The van der Waals surface area contributed by atoms with Gasteiger partial charge in [0.1, 0.15) is 17.3 Å². The van der Waals surface area contributed by atoms with Crippen LogP contribution in [0.4, 0.5) is 0 Å². The number of thiocarbonyl (C=S) groups is 1. The fraction of sp³-hybridized carbons (Fsp3) is 0.500. The second kappa shape index (κ2) is 8.85. The molecular weight excluding hydrogens is 260 g/mol. The Morgan fingerprint density at radius 3 is 2.68 bits per heavy atom. The molecular formula is C14H22N2O2S. The Morgan fingerprint density at radius 2 is 2.00 bits per heavy atom. The van der Waals surface area contributed by atoms with Crippen LogP contribution < -0.4 is 10.5 Å². The first kappa shape index (κ1) is 15.9. The minimum Gasteiger partial charge on any atom is -0.492 e. The number of likely N-dealkylation sites (N-methyl/N-ethyl adjacent to an activating group) is 1. The molecule has 106 valence electrons. The lowest BCUT2D eigenvalue weighted by Gasteiger charge is -2.17. The van der Waals surface area contributed by atoms with E-state index in [0.717, 1.165) is 37.4 Å². The molecule has 0 spiro atoms. The quantitative estimate of drug-likeness (QED) is 0.551. The fourth-order valence-corrected chi connectivity index (χ4v) is 1.87. The molecule has 0 aliphatic carbocycles. The minimum atomic E-state index is 0.365. The summed E-state index contributed by atoms with van der Waals surface area (Å²) in [5, 5.41) is 0. The Hall–Kier alpha value is -1.17. The lowest BCUT2D eigenvalue weighted by Crippen LogP contribution is -2.26. The summed E-state index contributed by atoms with van der Waals surface area (Å²) < 4.78 is 10.8. The first-order chi connectivity index (χ1) is 9.15. The molecule has 0 aliphatic heterocycles. The number of ether oxygens (including phenoxy) is 2. The van der Waals surface area contributed by atoms with Crippen molar-refractivity contribution in [2.75, 3.05) is 40.5 Å². The molecule has 19 heavy (non-hydrogen) atoms. The molecule has 0 saturated heterocycles. The minimum absolute atomic E-state index is 0.365. The number of methoxy groups -OCH3 is 1. The van der Waals surface area contributed by atoms with Gasteiger partial charge in [-0.1, -0.05) is 24.4 Å². The summed E-state index contributed by atoms with van der Waals surface area (Å²) in [5.41, 5.74) is 6.45. The van der Waals surface area contributed by atoms with E-state index in [4.69, 9.17) is 27.4 Å². The number of hydrogen-bond acceptors (Lipinski definition) is 4. The van der Waals surface area contributed by atoms with Crippen LogP contribution in [-0.4, -0.2) is 50.3 Å². The molecule has 0 atom stereocenters. The molecule has 2 N–H and O–H groups in total. The Balaban J connectivity index is 2.35. The predicted molar refractivity (Wildman–Crippen MR) is 81.8 cm³/mol. The zero-order chi connectivity index (χ0) is 14.1. The number of hydrogen-bond donors (Lipinski definition) is 1. The van der Waals surface area contributed by atoms with Crippen LogP contribution in [0.2, 0.25) is 0 Å². The van der Waals surface area contributed by atoms with Crippen molar-refractivity contribution in [1.82, 2.24) is 4.90 Å². The molecule has 1 rings (SSSR count). The average molecular weight is 282 g/mol. The van der Waals surface area contributed by atoms with Crippen LogP contribution in [0, 0.1) is 0 Å². The highest BCUT2D eigenvalue weighted by Gasteiger charge is 2.05. The smallest absolute Gasteiger partial charge is 0.129 e. The molecule has 1 aromatic rings. The van der Waals surface area contributed by atoms with Gasteiger partial charge in [0.05, 0.1) is 5.56 Å². The zero-order valence-electron chi connectivity index (χ0n) is 11.6. The molecule has 0 bridgehead atoms. The van der Waals surface area contributed by atoms with E-state index in [1.807, 2.05) is 24.3 Å². The fourth-order valence-electron chi connectivity index (χ4n) is 1.70. The van der Waals surface area contributed by atoms with Crippen LogP contribution in [0.5, 0.6) is 5.75 Å². The van der Waals surface area contributed by atoms with Gasteiger partial charge in [0.15, 0.2) is 0 Å². The van der Waals surface area contributed by atoms with Crippen LogP contribution in [0.25, 0.3) is 0 Å². The van der Waals surface area contributed by atoms with Crippen molar-refractivity contribution in [2.45, 2.75) is 6.42 Å². The normalized spacial score (nSPS) is 10.7. The van der Waals surface area contributed by atoms with Crippen molar-refractivity contribution in [3.8, 4) is 5.75 Å². The van der Waals surface area contributed by atoms with Crippen LogP contribution in [0.15, 0.2) is 24.3 Å². The lowest BCUT2D eigenvalue weighted by molar-refractivity contribution is 0.172. The summed E-state index contributed by atoms with van der Waals surface area (Å²) >= 11 is 5.00. The summed E-state index contributed by atoms with van der Waals surface area (Å²) in [6, 6.07) is 7.58. The number of nitrogens with two attached hydrogens (primary N) is 1. The zero-order valence-corrected chi connectivity index (χ0v) is 12.4. The van der Waals surface area contributed by atoms with Gasteiger partial charge in [0, 0.05) is 26.8 Å². The Bertz CT molecular complexity index is 399. The number of benzene rings is 1. The standard InChI is InChI=1S/C14H22N2O2S/c1-16(8-5-10-17-2)9-11-18-13-7-4-3-6-12(13)14(15)19/h3-4,6-7H,5,8-11H2,1-2H3,(H2,15,19). The first-order valence-corrected chi connectivity index (χ1v) is 6.75. The summed E-state index contributed by atoms with van der Waals surface area (Å²) in [4.78, 5) is 2.58. The van der Waals surface area contributed by atoms with E-state index in [2.05, 4.69) is 11.9 Å². The summed E-state index contributed by atoms with van der Waals surface area (Å²) in [7, 11) is 3.79. The highest BCUT2D eigenvalue weighted by molar-refractivity contribution is 7.80. The largest absolute Gasteiger partial charge is 0.492 e. The topological polar surface area (TPSA) is 47.7 Å². The molecule has 5 heteroatoms. The van der Waals surface area contributed by atoms with E-state index < -0.39 is 0 Å². The molecule has 4 nitrogen and oxygen atoms in total. The molecule has 0 saturated carbocycles. The van der Waals surface area contributed by atoms with Crippen LogP contribution in [0.3, 0.4) is 0 Å². The third-order valence-corrected chi connectivity index (χ3v) is 2.99. The van der Waals surface area contributed by atoms with Crippen LogP contribution >= 0.6 is 12.2 Å². The number of nitrogens with zero attached hydrogens (tertiary/aromatic N) is 1. The van der Waals surface area contributed by atoms with Crippen molar-refractivity contribution in [3.05, 3.63) is 29.8 Å². The van der Waals surface area contributed by atoms with Crippen molar-refractivity contribution in [1.29, 1.82) is 0 Å². The van der Waals surface area contributed by atoms with Gasteiger partial charge in [0.25, 0.3) is 0 Å². The van der Waals surface area contributed by atoms with Gasteiger partial charge in [-0.2, -0.15) is 0 Å². The second-order valence-electron chi connectivity index (χ2n) is 4.36. The van der Waals surface area contributed by atoms with Crippen LogP contribution in [0.1, 0.15) is 12.0 Å². The van der Waals surface area contributed by atoms with Gasteiger partial charge in [0.2, 0.25) is 0 Å². The van der Waals surface area contributed by atoms with Crippen molar-refractivity contribution in [2.24, 2.45) is 5.73 Å². The molecule has 0 heterocycles. The van der Waals surface area contributed by atoms with Gasteiger partial charge in [-0.25, -0.2) is 0 Å². The van der Waals surface area contributed by atoms with E-state index >= 15 is 0 Å². The molecule has 0 aromatic heterocycles. The summed E-state index contributed by atoms with van der Waals surface area (Å²) in [6.45, 7) is 3.25. The van der Waals surface area contributed by atoms with Gasteiger partial charge < -0.3 is 20.1 Å². The highest BCUT2D eigenvalue weighted by Crippen LogP contribution is 2.17. The van der Waals surface area contributed by atoms with Crippen molar-refractivity contribution >= 4 is 17.2 Å². The Kier molecular flexibility index (Phi) is 7.40.